The fourth-order valence-corrected chi connectivity index (χ4v) is 4.09. The number of aromatic amines is 1. The molecular weight excluding hydrogens is 406 g/mol. The quantitative estimate of drug-likeness (QED) is 0.562. The zero-order valence-corrected chi connectivity index (χ0v) is 18.5. The minimum absolute atomic E-state index is 0.0285. The topological polar surface area (TPSA) is 101 Å². The molecule has 2 heterocycles. The summed E-state index contributed by atoms with van der Waals surface area (Å²) in [7, 11) is 0. The Bertz CT molecular complexity index is 1080. The van der Waals surface area contributed by atoms with Crippen molar-refractivity contribution in [3.8, 4) is 22.5 Å². The minimum Gasteiger partial charge on any atom is -0.435 e. The van der Waals surface area contributed by atoms with E-state index in [1.54, 1.807) is 4.90 Å². The van der Waals surface area contributed by atoms with Crippen LogP contribution in [0.2, 0.25) is 0 Å². The van der Waals surface area contributed by atoms with Crippen molar-refractivity contribution in [3.63, 3.8) is 0 Å². The fraction of sp³-hybridized carbons (Fsp3) is 0.375. The van der Waals surface area contributed by atoms with Gasteiger partial charge in [-0.25, -0.2) is 4.79 Å². The van der Waals surface area contributed by atoms with E-state index in [1.807, 2.05) is 69.3 Å². The summed E-state index contributed by atoms with van der Waals surface area (Å²) in [4.78, 5) is 27.2. The van der Waals surface area contributed by atoms with Gasteiger partial charge in [-0.15, -0.1) is 10.2 Å². The normalized spacial score (nSPS) is 18.2. The maximum absolute atomic E-state index is 13.0. The summed E-state index contributed by atoms with van der Waals surface area (Å²) in [5, 5.41) is 14.3. The minimum atomic E-state index is -0.708. The number of cyclic esters (lactones) is 1. The fourth-order valence-electron chi connectivity index (χ4n) is 4.09. The molecule has 2 aromatic carbocycles. The number of nitrogens with one attached hydrogen (secondary N) is 1. The highest BCUT2D eigenvalue weighted by atomic mass is 16.6. The van der Waals surface area contributed by atoms with E-state index in [0.29, 0.717) is 12.2 Å². The van der Waals surface area contributed by atoms with Crippen molar-refractivity contribution in [2.24, 2.45) is 5.92 Å². The van der Waals surface area contributed by atoms with Crippen LogP contribution in [0, 0.1) is 5.92 Å². The van der Waals surface area contributed by atoms with Crippen LogP contribution in [-0.2, 0) is 14.3 Å². The summed E-state index contributed by atoms with van der Waals surface area (Å²) in [5.74, 6) is 0.0929. The maximum atomic E-state index is 13.0. The highest BCUT2D eigenvalue weighted by Gasteiger charge is 2.46. The first-order valence-electron chi connectivity index (χ1n) is 11.0. The smallest absolute Gasteiger partial charge is 0.331 e. The molecule has 0 aliphatic carbocycles. The Hall–Kier alpha value is -3.55. The number of hydrogen-bond acceptors (Lipinski definition) is 6. The van der Waals surface area contributed by atoms with Gasteiger partial charge in [0, 0.05) is 17.5 Å². The number of nitrogens with zero attached hydrogens (tertiary/aromatic N) is 4. The first-order valence-corrected chi connectivity index (χ1v) is 11.0. The average molecular weight is 434 g/mol. The summed E-state index contributed by atoms with van der Waals surface area (Å²) in [6.45, 7) is 5.92. The Morgan fingerprint density at radius 2 is 1.84 bits per heavy atom. The Morgan fingerprint density at radius 1 is 1.12 bits per heavy atom. The van der Waals surface area contributed by atoms with Crippen molar-refractivity contribution in [2.45, 2.75) is 52.3 Å². The molecule has 32 heavy (non-hydrogen) atoms. The number of carbonyl (C=O) groups is 2. The Balaban J connectivity index is 1.65. The van der Waals surface area contributed by atoms with Crippen molar-refractivity contribution >= 4 is 11.9 Å². The van der Waals surface area contributed by atoms with E-state index in [9.17, 15) is 9.59 Å². The van der Waals surface area contributed by atoms with Gasteiger partial charge in [0.25, 0.3) is 0 Å². The lowest BCUT2D eigenvalue weighted by Crippen LogP contribution is -2.42. The molecule has 0 radical (unpaired) electrons. The van der Waals surface area contributed by atoms with Gasteiger partial charge in [0.1, 0.15) is 6.04 Å². The number of tetrazole rings is 1. The van der Waals surface area contributed by atoms with Crippen molar-refractivity contribution in [1.82, 2.24) is 25.5 Å². The molecule has 166 valence electrons. The van der Waals surface area contributed by atoms with Gasteiger partial charge in [-0.2, -0.15) is 5.21 Å². The Kier molecular flexibility index (Phi) is 6.30. The third-order valence-corrected chi connectivity index (χ3v) is 5.71. The zero-order chi connectivity index (χ0) is 22.7. The van der Waals surface area contributed by atoms with Gasteiger partial charge in [0.05, 0.1) is 0 Å². The summed E-state index contributed by atoms with van der Waals surface area (Å²) in [6.07, 6.45) is 1.40. The number of aromatic nitrogens is 4. The van der Waals surface area contributed by atoms with Crippen LogP contribution in [-0.4, -0.2) is 43.4 Å². The number of carbonyl (C=O) groups excluding carboxylic acids is 2. The molecule has 1 aliphatic rings. The van der Waals surface area contributed by atoms with Crippen molar-refractivity contribution in [2.75, 3.05) is 0 Å². The molecule has 1 aliphatic heterocycles. The number of benzene rings is 2. The number of ether oxygens (including phenoxy) is 1. The SMILES string of the molecule is CCCCC(=O)N1C(c2ccc(-c3ccccc3-c3nn[nH]n3)cc2)OC(=O)C1C(C)C. The van der Waals surface area contributed by atoms with E-state index in [4.69, 9.17) is 4.74 Å². The highest BCUT2D eigenvalue weighted by Crippen LogP contribution is 2.37. The van der Waals surface area contributed by atoms with Crippen LogP contribution in [0.25, 0.3) is 22.5 Å². The van der Waals surface area contributed by atoms with Gasteiger partial charge >= 0.3 is 5.97 Å². The number of H-pyrrole nitrogens is 1. The molecule has 3 aromatic rings. The van der Waals surface area contributed by atoms with E-state index in [2.05, 4.69) is 20.6 Å². The molecule has 0 bridgehead atoms. The average Bonchev–Trinajstić information content (AvgIpc) is 3.45. The summed E-state index contributed by atoms with van der Waals surface area (Å²) < 4.78 is 5.70. The van der Waals surface area contributed by atoms with Crippen LogP contribution in [0.4, 0.5) is 0 Å². The van der Waals surface area contributed by atoms with Gasteiger partial charge in [-0.3, -0.25) is 9.69 Å². The van der Waals surface area contributed by atoms with Crippen LogP contribution >= 0.6 is 0 Å². The third kappa shape index (κ3) is 4.12. The summed E-state index contributed by atoms with van der Waals surface area (Å²) >= 11 is 0. The summed E-state index contributed by atoms with van der Waals surface area (Å²) in [5.41, 5.74) is 3.55. The Morgan fingerprint density at radius 3 is 2.47 bits per heavy atom. The number of esters is 1. The van der Waals surface area contributed by atoms with Crippen molar-refractivity contribution < 1.29 is 14.3 Å². The second kappa shape index (κ2) is 9.30. The predicted octanol–water partition coefficient (Wildman–Crippen LogP) is 4.13. The highest BCUT2D eigenvalue weighted by molar-refractivity contribution is 5.88. The van der Waals surface area contributed by atoms with Crippen LogP contribution in [0.1, 0.15) is 51.8 Å². The van der Waals surface area contributed by atoms with Crippen LogP contribution in [0.5, 0.6) is 0 Å². The number of rotatable bonds is 7. The first kappa shape index (κ1) is 21.7. The van der Waals surface area contributed by atoms with Crippen molar-refractivity contribution in [1.29, 1.82) is 0 Å². The van der Waals surface area contributed by atoms with Crippen LogP contribution < -0.4 is 0 Å². The van der Waals surface area contributed by atoms with Crippen LogP contribution in [0.15, 0.2) is 48.5 Å². The lowest BCUT2D eigenvalue weighted by atomic mass is 9.97. The predicted molar refractivity (Wildman–Crippen MR) is 119 cm³/mol. The molecular formula is C24H27N5O3. The van der Waals surface area contributed by atoms with E-state index < -0.39 is 12.3 Å². The van der Waals surface area contributed by atoms with Crippen molar-refractivity contribution in [3.05, 3.63) is 54.1 Å². The summed E-state index contributed by atoms with van der Waals surface area (Å²) in [6, 6.07) is 15.0. The molecule has 8 nitrogen and oxygen atoms in total. The van der Waals surface area contributed by atoms with Gasteiger partial charge in [-0.05, 0) is 28.7 Å². The van der Waals surface area contributed by atoms with Gasteiger partial charge in [0.2, 0.25) is 18.0 Å². The molecule has 4 rings (SSSR count). The van der Waals surface area contributed by atoms with E-state index in [-0.39, 0.29) is 17.8 Å². The first-order chi connectivity index (χ1) is 15.5. The van der Waals surface area contributed by atoms with E-state index >= 15 is 0 Å². The van der Waals surface area contributed by atoms with E-state index in [1.165, 1.54) is 0 Å². The number of amides is 1. The molecule has 2 unspecified atom stereocenters. The molecule has 1 N–H and O–H groups in total. The maximum Gasteiger partial charge on any atom is 0.331 e. The van der Waals surface area contributed by atoms with E-state index in [0.717, 1.165) is 35.1 Å². The van der Waals surface area contributed by atoms with Gasteiger partial charge in [-0.1, -0.05) is 75.7 Å². The third-order valence-electron chi connectivity index (χ3n) is 5.71. The van der Waals surface area contributed by atoms with Crippen LogP contribution in [0.3, 0.4) is 0 Å². The molecule has 0 saturated carbocycles. The van der Waals surface area contributed by atoms with Gasteiger partial charge in [0.15, 0.2) is 0 Å². The second-order valence-electron chi connectivity index (χ2n) is 8.29. The molecule has 1 fully saturated rings. The standard InChI is InChI=1S/C24H27N5O3/c1-4-5-10-20(30)29-21(15(2)3)24(31)32-23(29)17-13-11-16(12-14-17)18-8-6-7-9-19(18)22-25-27-28-26-22/h6-9,11-15,21,23H,4-5,10H2,1-3H3,(H,25,26,27,28). The molecule has 1 amide bonds. The molecule has 1 saturated heterocycles. The monoisotopic (exact) mass is 433 g/mol. The number of hydrogen-bond donors (Lipinski definition) is 1. The molecule has 8 heteroatoms. The lowest BCUT2D eigenvalue weighted by molar-refractivity contribution is -0.144. The molecule has 0 spiro atoms. The molecule has 1 aromatic heterocycles. The molecule has 2 atom stereocenters. The second-order valence-corrected chi connectivity index (χ2v) is 8.29. The Labute approximate surface area is 187 Å². The number of unbranched alkanes of at least 4 members (excludes halogenated alkanes) is 1. The zero-order valence-electron chi connectivity index (χ0n) is 18.5. The van der Waals surface area contributed by atoms with Gasteiger partial charge < -0.3 is 4.74 Å². The lowest BCUT2D eigenvalue weighted by Gasteiger charge is -2.28. The largest absolute Gasteiger partial charge is 0.435 e.